The van der Waals surface area contributed by atoms with E-state index in [1.807, 2.05) is 12.1 Å². The SMILES string of the molecule is c1cnc(-c2ccc(C3OCCO3)o2)cn1. The highest BCUT2D eigenvalue weighted by Gasteiger charge is 2.22. The molecule has 0 aliphatic carbocycles. The first-order valence-corrected chi connectivity index (χ1v) is 5.03. The summed E-state index contributed by atoms with van der Waals surface area (Å²) in [6.45, 7) is 1.21. The van der Waals surface area contributed by atoms with E-state index in [1.165, 1.54) is 0 Å². The van der Waals surface area contributed by atoms with Crippen LogP contribution in [0, 0.1) is 0 Å². The summed E-state index contributed by atoms with van der Waals surface area (Å²) in [6, 6.07) is 3.67. The van der Waals surface area contributed by atoms with Crippen LogP contribution in [0.1, 0.15) is 12.1 Å². The summed E-state index contributed by atoms with van der Waals surface area (Å²) in [7, 11) is 0. The summed E-state index contributed by atoms with van der Waals surface area (Å²) in [6.07, 6.45) is 4.51. The second-order valence-corrected chi connectivity index (χ2v) is 3.37. The van der Waals surface area contributed by atoms with Gasteiger partial charge in [0.2, 0.25) is 6.29 Å². The molecule has 1 saturated heterocycles. The highest BCUT2D eigenvalue weighted by molar-refractivity contribution is 5.50. The molecule has 5 heteroatoms. The minimum absolute atomic E-state index is 0.384. The molecular formula is C11H10N2O3. The van der Waals surface area contributed by atoms with Crippen LogP contribution in [0.15, 0.2) is 35.1 Å². The van der Waals surface area contributed by atoms with Crippen molar-refractivity contribution in [3.05, 3.63) is 36.5 Å². The van der Waals surface area contributed by atoms with E-state index in [4.69, 9.17) is 13.9 Å². The molecule has 1 aliphatic rings. The van der Waals surface area contributed by atoms with Crippen LogP contribution >= 0.6 is 0 Å². The Bertz CT molecular complexity index is 463. The van der Waals surface area contributed by atoms with E-state index in [9.17, 15) is 0 Å². The number of rotatable bonds is 2. The van der Waals surface area contributed by atoms with Crippen molar-refractivity contribution in [1.29, 1.82) is 0 Å². The average molecular weight is 218 g/mol. The van der Waals surface area contributed by atoms with Gasteiger partial charge in [0, 0.05) is 12.4 Å². The lowest BCUT2D eigenvalue weighted by atomic mass is 10.3. The van der Waals surface area contributed by atoms with Crippen molar-refractivity contribution >= 4 is 0 Å². The zero-order valence-electron chi connectivity index (χ0n) is 8.50. The molecule has 0 saturated carbocycles. The summed E-state index contributed by atoms with van der Waals surface area (Å²) in [5, 5.41) is 0. The second kappa shape index (κ2) is 4.03. The van der Waals surface area contributed by atoms with Gasteiger partial charge in [-0.3, -0.25) is 4.98 Å². The normalized spacial score (nSPS) is 16.8. The maximum atomic E-state index is 5.60. The maximum absolute atomic E-state index is 5.60. The fraction of sp³-hybridized carbons (Fsp3) is 0.273. The summed E-state index contributed by atoms with van der Waals surface area (Å²) < 4.78 is 16.3. The first kappa shape index (κ1) is 9.50. The lowest BCUT2D eigenvalue weighted by Crippen LogP contribution is -1.94. The van der Waals surface area contributed by atoms with Gasteiger partial charge in [-0.1, -0.05) is 0 Å². The quantitative estimate of drug-likeness (QED) is 0.769. The molecule has 3 rings (SSSR count). The molecule has 1 aliphatic heterocycles. The number of nitrogens with zero attached hydrogens (tertiary/aromatic N) is 2. The third-order valence-electron chi connectivity index (χ3n) is 2.30. The summed E-state index contributed by atoms with van der Waals surface area (Å²) >= 11 is 0. The first-order chi connectivity index (χ1) is 7.93. The Morgan fingerprint density at radius 3 is 2.75 bits per heavy atom. The molecule has 0 aromatic carbocycles. The minimum Gasteiger partial charge on any atom is -0.454 e. The van der Waals surface area contributed by atoms with Crippen molar-refractivity contribution in [1.82, 2.24) is 9.97 Å². The number of hydrogen-bond donors (Lipinski definition) is 0. The molecule has 0 spiro atoms. The van der Waals surface area contributed by atoms with Gasteiger partial charge in [0.05, 0.1) is 19.4 Å². The Hall–Kier alpha value is -1.72. The Kier molecular flexibility index (Phi) is 2.40. The van der Waals surface area contributed by atoms with E-state index in [0.717, 1.165) is 0 Å². The molecule has 3 heterocycles. The van der Waals surface area contributed by atoms with Crippen LogP contribution in [-0.4, -0.2) is 23.2 Å². The van der Waals surface area contributed by atoms with Gasteiger partial charge in [-0.25, -0.2) is 4.98 Å². The summed E-state index contributed by atoms with van der Waals surface area (Å²) in [5.74, 6) is 1.33. The fourth-order valence-electron chi connectivity index (χ4n) is 1.57. The number of aromatic nitrogens is 2. The molecule has 0 bridgehead atoms. The predicted molar refractivity (Wildman–Crippen MR) is 54.4 cm³/mol. The van der Waals surface area contributed by atoms with Crippen LogP contribution in [0.3, 0.4) is 0 Å². The Morgan fingerprint density at radius 1 is 1.12 bits per heavy atom. The van der Waals surface area contributed by atoms with E-state index in [-0.39, 0.29) is 6.29 Å². The van der Waals surface area contributed by atoms with Crippen LogP contribution < -0.4 is 0 Å². The number of ether oxygens (including phenoxy) is 2. The van der Waals surface area contributed by atoms with Crippen molar-refractivity contribution in [2.24, 2.45) is 0 Å². The van der Waals surface area contributed by atoms with Gasteiger partial charge in [-0.15, -0.1) is 0 Å². The predicted octanol–water partition coefficient (Wildman–Crippen LogP) is 1.78. The largest absolute Gasteiger partial charge is 0.454 e. The molecule has 5 nitrogen and oxygen atoms in total. The fourth-order valence-corrected chi connectivity index (χ4v) is 1.57. The molecule has 0 N–H and O–H groups in total. The van der Waals surface area contributed by atoms with Crippen molar-refractivity contribution in [3.8, 4) is 11.5 Å². The molecule has 82 valence electrons. The van der Waals surface area contributed by atoms with E-state index in [2.05, 4.69) is 9.97 Å². The second-order valence-electron chi connectivity index (χ2n) is 3.37. The monoisotopic (exact) mass is 218 g/mol. The van der Waals surface area contributed by atoms with Crippen LogP contribution in [0.2, 0.25) is 0 Å². The lowest BCUT2D eigenvalue weighted by molar-refractivity contribution is -0.0585. The van der Waals surface area contributed by atoms with Gasteiger partial charge in [-0.2, -0.15) is 0 Å². The third kappa shape index (κ3) is 1.70. The molecule has 0 unspecified atom stereocenters. The van der Waals surface area contributed by atoms with Crippen molar-refractivity contribution in [2.75, 3.05) is 13.2 Å². The minimum atomic E-state index is -0.384. The van der Waals surface area contributed by atoms with Crippen molar-refractivity contribution in [3.63, 3.8) is 0 Å². The smallest absolute Gasteiger partial charge is 0.217 e. The van der Waals surface area contributed by atoms with Crippen LogP contribution in [0.4, 0.5) is 0 Å². The van der Waals surface area contributed by atoms with E-state index < -0.39 is 0 Å². The molecular weight excluding hydrogens is 208 g/mol. The van der Waals surface area contributed by atoms with Crippen molar-refractivity contribution in [2.45, 2.75) is 6.29 Å². The Balaban J connectivity index is 1.87. The Morgan fingerprint density at radius 2 is 2.00 bits per heavy atom. The number of furan rings is 1. The summed E-state index contributed by atoms with van der Waals surface area (Å²) in [4.78, 5) is 8.13. The van der Waals surface area contributed by atoms with E-state index >= 15 is 0 Å². The van der Waals surface area contributed by atoms with Gasteiger partial charge in [0.1, 0.15) is 5.69 Å². The highest BCUT2D eigenvalue weighted by Crippen LogP contribution is 2.28. The average Bonchev–Trinajstić information content (AvgIpc) is 3.01. The van der Waals surface area contributed by atoms with Gasteiger partial charge >= 0.3 is 0 Å². The van der Waals surface area contributed by atoms with Gasteiger partial charge in [-0.05, 0) is 12.1 Å². The molecule has 0 radical (unpaired) electrons. The topological polar surface area (TPSA) is 57.4 Å². The van der Waals surface area contributed by atoms with E-state index in [0.29, 0.717) is 30.4 Å². The third-order valence-corrected chi connectivity index (χ3v) is 2.30. The standard InChI is InChI=1S/C11H10N2O3/c1-2-10(11-14-5-6-15-11)16-9(1)8-7-12-3-4-13-8/h1-4,7,11H,5-6H2. The lowest BCUT2D eigenvalue weighted by Gasteiger charge is -2.04. The first-order valence-electron chi connectivity index (χ1n) is 5.03. The summed E-state index contributed by atoms with van der Waals surface area (Å²) in [5.41, 5.74) is 0.701. The molecule has 2 aromatic heterocycles. The highest BCUT2D eigenvalue weighted by atomic mass is 16.7. The van der Waals surface area contributed by atoms with Gasteiger partial charge in [0.25, 0.3) is 0 Å². The Labute approximate surface area is 92.0 Å². The van der Waals surface area contributed by atoms with Crippen molar-refractivity contribution < 1.29 is 13.9 Å². The van der Waals surface area contributed by atoms with Gasteiger partial charge < -0.3 is 13.9 Å². The molecule has 16 heavy (non-hydrogen) atoms. The zero-order valence-corrected chi connectivity index (χ0v) is 8.50. The molecule has 1 fully saturated rings. The maximum Gasteiger partial charge on any atom is 0.217 e. The molecule has 0 atom stereocenters. The zero-order chi connectivity index (χ0) is 10.8. The molecule has 0 amide bonds. The van der Waals surface area contributed by atoms with Crippen LogP contribution in [0.5, 0.6) is 0 Å². The van der Waals surface area contributed by atoms with Gasteiger partial charge in [0.15, 0.2) is 11.5 Å². The molecule has 2 aromatic rings. The van der Waals surface area contributed by atoms with Crippen LogP contribution in [0.25, 0.3) is 11.5 Å². The van der Waals surface area contributed by atoms with E-state index in [1.54, 1.807) is 18.6 Å². The van der Waals surface area contributed by atoms with Crippen LogP contribution in [-0.2, 0) is 9.47 Å². The number of hydrogen-bond acceptors (Lipinski definition) is 5.